The number of ether oxygens (including phenoxy) is 2. The number of hydrogen-bond acceptors (Lipinski definition) is 5. The second-order valence-corrected chi connectivity index (χ2v) is 7.74. The Morgan fingerprint density at radius 3 is 2.86 bits per heavy atom. The summed E-state index contributed by atoms with van der Waals surface area (Å²) in [5, 5.41) is 2.95. The van der Waals surface area contributed by atoms with E-state index in [-0.39, 0.29) is 30.6 Å². The zero-order valence-corrected chi connectivity index (χ0v) is 17.4. The summed E-state index contributed by atoms with van der Waals surface area (Å²) >= 11 is 0. The smallest absolute Gasteiger partial charge is 0.326 e. The zero-order chi connectivity index (χ0) is 20.6. The normalized spacial score (nSPS) is 16.4. The molecule has 0 saturated carbocycles. The number of nitrogens with one attached hydrogen (secondary N) is 1. The first-order valence-electron chi connectivity index (χ1n) is 10.6. The fraction of sp³-hybridized carbons (Fsp3) is 0.591. The van der Waals surface area contributed by atoms with Crippen molar-refractivity contribution in [2.75, 3.05) is 13.2 Å². The van der Waals surface area contributed by atoms with E-state index in [1.165, 1.54) is 0 Å². The van der Waals surface area contributed by atoms with Crippen molar-refractivity contribution < 1.29 is 19.1 Å². The van der Waals surface area contributed by atoms with Gasteiger partial charge in [-0.25, -0.2) is 4.98 Å². The number of carbonyl (C=O) groups excluding carboxylic acids is 2. The molecule has 1 aromatic heterocycles. The molecule has 0 spiro atoms. The molecule has 0 radical (unpaired) electrons. The lowest BCUT2D eigenvalue weighted by Crippen LogP contribution is -2.34. The maximum Gasteiger partial charge on any atom is 0.326 e. The SMILES string of the molecule is CC(C)OC(=O)Cn1c(CCCCCNC(=O)C2CCCO2)nc2ccccc21. The summed E-state index contributed by atoms with van der Waals surface area (Å²) in [6.45, 7) is 5.22. The molecule has 29 heavy (non-hydrogen) atoms. The van der Waals surface area contributed by atoms with Crippen LogP contribution in [0.1, 0.15) is 51.8 Å². The first-order valence-corrected chi connectivity index (χ1v) is 10.6. The van der Waals surface area contributed by atoms with Crippen molar-refractivity contribution in [1.82, 2.24) is 14.9 Å². The highest BCUT2D eigenvalue weighted by Crippen LogP contribution is 2.18. The fourth-order valence-corrected chi connectivity index (χ4v) is 3.62. The van der Waals surface area contributed by atoms with Gasteiger partial charge in [0.15, 0.2) is 0 Å². The average Bonchev–Trinajstić information content (AvgIpc) is 3.33. The molecule has 7 nitrogen and oxygen atoms in total. The molecular formula is C22H31N3O4. The van der Waals surface area contributed by atoms with E-state index < -0.39 is 0 Å². The molecular weight excluding hydrogens is 370 g/mol. The summed E-state index contributed by atoms with van der Waals surface area (Å²) in [7, 11) is 0. The fourth-order valence-electron chi connectivity index (χ4n) is 3.62. The zero-order valence-electron chi connectivity index (χ0n) is 17.4. The van der Waals surface area contributed by atoms with Gasteiger partial charge in [0.05, 0.1) is 17.1 Å². The summed E-state index contributed by atoms with van der Waals surface area (Å²) in [5.41, 5.74) is 1.84. The van der Waals surface area contributed by atoms with E-state index in [1.54, 1.807) is 0 Å². The minimum atomic E-state index is -0.263. The largest absolute Gasteiger partial charge is 0.462 e. The predicted molar refractivity (Wildman–Crippen MR) is 110 cm³/mol. The Hall–Kier alpha value is -2.41. The van der Waals surface area contributed by atoms with Gasteiger partial charge >= 0.3 is 5.97 Å². The van der Waals surface area contributed by atoms with E-state index in [4.69, 9.17) is 14.5 Å². The van der Waals surface area contributed by atoms with Crippen molar-refractivity contribution in [1.29, 1.82) is 0 Å². The molecule has 1 aliphatic heterocycles. The number of esters is 1. The first-order chi connectivity index (χ1) is 14.0. The number of amides is 1. The van der Waals surface area contributed by atoms with Crippen LogP contribution < -0.4 is 5.32 Å². The number of rotatable bonds is 10. The van der Waals surface area contributed by atoms with Gasteiger partial charge in [-0.15, -0.1) is 0 Å². The summed E-state index contributed by atoms with van der Waals surface area (Å²) in [5.74, 6) is 0.657. The molecule has 1 N–H and O–H groups in total. The number of benzene rings is 1. The second kappa shape index (κ2) is 10.4. The number of para-hydroxylation sites is 2. The Labute approximate surface area is 171 Å². The average molecular weight is 402 g/mol. The molecule has 0 bridgehead atoms. The molecule has 2 heterocycles. The third-order valence-electron chi connectivity index (χ3n) is 4.99. The van der Waals surface area contributed by atoms with E-state index in [9.17, 15) is 9.59 Å². The van der Waals surface area contributed by atoms with E-state index in [0.29, 0.717) is 13.2 Å². The number of hydrogen-bond donors (Lipinski definition) is 1. The maximum atomic E-state index is 12.2. The summed E-state index contributed by atoms with van der Waals surface area (Å²) in [6.07, 6.45) is 5.00. The van der Waals surface area contributed by atoms with Gasteiger partial charge in [-0.05, 0) is 51.7 Å². The van der Waals surface area contributed by atoms with Crippen LogP contribution in [0, 0.1) is 0 Å². The Kier molecular flexibility index (Phi) is 7.63. The second-order valence-electron chi connectivity index (χ2n) is 7.74. The van der Waals surface area contributed by atoms with E-state index in [1.807, 2.05) is 42.7 Å². The number of nitrogens with zero attached hydrogens (tertiary/aromatic N) is 2. The van der Waals surface area contributed by atoms with Crippen molar-refractivity contribution in [3.8, 4) is 0 Å². The highest BCUT2D eigenvalue weighted by Gasteiger charge is 2.22. The molecule has 2 aromatic rings. The van der Waals surface area contributed by atoms with Gasteiger partial charge in [-0.3, -0.25) is 9.59 Å². The van der Waals surface area contributed by atoms with Crippen molar-refractivity contribution >= 4 is 22.9 Å². The minimum Gasteiger partial charge on any atom is -0.462 e. The number of carbonyl (C=O) groups is 2. The third kappa shape index (κ3) is 6.03. The van der Waals surface area contributed by atoms with Crippen LogP contribution in [0.4, 0.5) is 0 Å². The lowest BCUT2D eigenvalue weighted by molar-refractivity contribution is -0.148. The monoisotopic (exact) mass is 401 g/mol. The number of unbranched alkanes of at least 4 members (excludes halogenated alkanes) is 2. The molecule has 158 valence electrons. The number of aryl methyl sites for hydroxylation is 1. The van der Waals surface area contributed by atoms with E-state index in [0.717, 1.165) is 55.4 Å². The van der Waals surface area contributed by atoms with E-state index >= 15 is 0 Å². The van der Waals surface area contributed by atoms with Crippen LogP contribution in [0.2, 0.25) is 0 Å². The van der Waals surface area contributed by atoms with Crippen molar-refractivity contribution in [3.63, 3.8) is 0 Å². The van der Waals surface area contributed by atoms with Crippen LogP contribution in [0.5, 0.6) is 0 Å². The van der Waals surface area contributed by atoms with Crippen molar-refractivity contribution in [2.45, 2.75) is 71.1 Å². The Morgan fingerprint density at radius 1 is 1.28 bits per heavy atom. The Balaban J connectivity index is 1.49. The molecule has 1 saturated heterocycles. The lowest BCUT2D eigenvalue weighted by Gasteiger charge is -2.12. The molecule has 1 atom stereocenters. The van der Waals surface area contributed by atoms with Crippen LogP contribution in [0.25, 0.3) is 11.0 Å². The highest BCUT2D eigenvalue weighted by atomic mass is 16.5. The van der Waals surface area contributed by atoms with E-state index in [2.05, 4.69) is 5.32 Å². The molecule has 1 aromatic carbocycles. The minimum absolute atomic E-state index is 0.00737. The molecule has 0 aliphatic carbocycles. The summed E-state index contributed by atoms with van der Waals surface area (Å²) in [6, 6.07) is 7.85. The summed E-state index contributed by atoms with van der Waals surface area (Å²) < 4.78 is 12.7. The van der Waals surface area contributed by atoms with Crippen LogP contribution in [-0.2, 0) is 32.0 Å². The van der Waals surface area contributed by atoms with Gasteiger partial charge in [-0.1, -0.05) is 18.6 Å². The molecule has 3 rings (SSSR count). The topological polar surface area (TPSA) is 82.5 Å². The van der Waals surface area contributed by atoms with Gasteiger partial charge in [0.1, 0.15) is 18.5 Å². The van der Waals surface area contributed by atoms with Crippen LogP contribution in [0.15, 0.2) is 24.3 Å². The molecule has 1 amide bonds. The number of fused-ring (bicyclic) bond motifs is 1. The quantitative estimate of drug-likeness (QED) is 0.489. The highest BCUT2D eigenvalue weighted by molar-refractivity contribution is 5.81. The van der Waals surface area contributed by atoms with Gasteiger partial charge in [-0.2, -0.15) is 0 Å². The van der Waals surface area contributed by atoms with Crippen LogP contribution in [-0.4, -0.2) is 46.8 Å². The molecule has 1 aliphatic rings. The molecule has 1 unspecified atom stereocenters. The van der Waals surface area contributed by atoms with Crippen LogP contribution in [0.3, 0.4) is 0 Å². The predicted octanol–water partition coefficient (Wildman–Crippen LogP) is 3.00. The van der Waals surface area contributed by atoms with Crippen LogP contribution >= 0.6 is 0 Å². The molecule has 7 heteroatoms. The van der Waals surface area contributed by atoms with Crippen molar-refractivity contribution in [2.24, 2.45) is 0 Å². The van der Waals surface area contributed by atoms with Gasteiger partial charge in [0, 0.05) is 19.6 Å². The van der Waals surface area contributed by atoms with Gasteiger partial charge in [0.25, 0.3) is 0 Å². The van der Waals surface area contributed by atoms with Gasteiger partial charge < -0.3 is 19.4 Å². The molecule has 1 fully saturated rings. The lowest BCUT2D eigenvalue weighted by atomic mass is 10.2. The Morgan fingerprint density at radius 2 is 2.10 bits per heavy atom. The number of aromatic nitrogens is 2. The Bertz CT molecular complexity index is 825. The first kappa shape index (κ1) is 21.3. The maximum absolute atomic E-state index is 12.2. The number of imidazole rings is 1. The standard InChI is InChI=1S/C22H31N3O4/c1-16(2)29-21(26)15-25-18-10-6-5-9-17(18)24-20(25)12-4-3-7-13-23-22(27)19-11-8-14-28-19/h5-6,9-10,16,19H,3-4,7-8,11-15H2,1-2H3,(H,23,27). The van der Waals surface area contributed by atoms with Crippen molar-refractivity contribution in [3.05, 3.63) is 30.1 Å². The summed E-state index contributed by atoms with van der Waals surface area (Å²) in [4.78, 5) is 28.8. The van der Waals surface area contributed by atoms with Gasteiger partial charge in [0.2, 0.25) is 5.91 Å². The third-order valence-corrected chi connectivity index (χ3v) is 4.99.